The van der Waals surface area contributed by atoms with Crippen LogP contribution in [0.15, 0.2) is 29.1 Å². The van der Waals surface area contributed by atoms with Gasteiger partial charge in [0.1, 0.15) is 22.9 Å². The van der Waals surface area contributed by atoms with Crippen LogP contribution in [-0.4, -0.2) is 27.7 Å². The largest absolute Gasteiger partial charge is 0.497 e. The minimum atomic E-state index is -1.07. The number of rotatable bonds is 4. The van der Waals surface area contributed by atoms with Crippen LogP contribution in [-0.2, 0) is 11.3 Å². The summed E-state index contributed by atoms with van der Waals surface area (Å²) in [4.78, 5) is 29.9. The highest BCUT2D eigenvalue weighted by Crippen LogP contribution is 2.36. The third kappa shape index (κ3) is 2.67. The van der Waals surface area contributed by atoms with Gasteiger partial charge in [0.05, 0.1) is 12.5 Å². The molecule has 0 aliphatic rings. The van der Waals surface area contributed by atoms with Gasteiger partial charge in [-0.1, -0.05) is 12.1 Å². The van der Waals surface area contributed by atoms with Crippen molar-refractivity contribution in [2.45, 2.75) is 20.4 Å². The Labute approximate surface area is 142 Å². The average molecular weight is 344 g/mol. The lowest BCUT2D eigenvalue weighted by atomic mass is 10.0. The number of aliphatic carboxylic acids is 1. The molecule has 0 aliphatic heterocycles. The van der Waals surface area contributed by atoms with Crippen molar-refractivity contribution in [3.8, 4) is 16.9 Å². The molecular weight excluding hydrogens is 328 g/mol. The van der Waals surface area contributed by atoms with Crippen molar-refractivity contribution < 1.29 is 14.6 Å². The summed E-state index contributed by atoms with van der Waals surface area (Å²) in [7, 11) is 1.59. The predicted octanol–water partition coefficient (Wildman–Crippen LogP) is 2.84. The first kappa shape index (κ1) is 16.2. The second-order valence-electron chi connectivity index (χ2n) is 5.39. The summed E-state index contributed by atoms with van der Waals surface area (Å²) in [5, 5.41) is 9.50. The summed E-state index contributed by atoms with van der Waals surface area (Å²) in [5.74, 6) is 0.0155. The van der Waals surface area contributed by atoms with Gasteiger partial charge in [-0.2, -0.15) is 0 Å². The number of fused-ring (bicyclic) bond motifs is 1. The fraction of sp³-hybridized carbons (Fsp3) is 0.235. The summed E-state index contributed by atoms with van der Waals surface area (Å²) in [6, 6.07) is 7.44. The van der Waals surface area contributed by atoms with Gasteiger partial charge in [-0.3, -0.25) is 14.2 Å². The molecule has 1 aromatic carbocycles. The number of thiophene rings is 1. The molecule has 24 heavy (non-hydrogen) atoms. The van der Waals surface area contributed by atoms with Gasteiger partial charge in [0.15, 0.2) is 0 Å². The zero-order chi connectivity index (χ0) is 17.4. The molecule has 2 aromatic heterocycles. The molecule has 0 unspecified atom stereocenters. The van der Waals surface area contributed by atoms with E-state index in [9.17, 15) is 9.59 Å². The van der Waals surface area contributed by atoms with Gasteiger partial charge in [-0.05, 0) is 31.5 Å². The van der Waals surface area contributed by atoms with Crippen LogP contribution in [0.1, 0.15) is 10.7 Å². The Bertz CT molecular complexity index is 1000. The number of aromatic nitrogens is 2. The van der Waals surface area contributed by atoms with Crippen molar-refractivity contribution in [1.29, 1.82) is 0 Å². The lowest BCUT2D eigenvalue weighted by molar-refractivity contribution is -0.137. The Balaban J connectivity index is 2.34. The van der Waals surface area contributed by atoms with Gasteiger partial charge < -0.3 is 9.84 Å². The zero-order valence-corrected chi connectivity index (χ0v) is 14.3. The minimum Gasteiger partial charge on any atom is -0.497 e. The lowest BCUT2D eigenvalue weighted by Gasteiger charge is -2.08. The molecule has 6 nitrogen and oxygen atoms in total. The molecule has 0 fully saturated rings. The van der Waals surface area contributed by atoms with Crippen molar-refractivity contribution in [2.24, 2.45) is 0 Å². The molecule has 0 saturated heterocycles. The topological polar surface area (TPSA) is 81.4 Å². The number of carboxylic acid groups (broad SMARTS) is 1. The Morgan fingerprint density at radius 2 is 2.12 bits per heavy atom. The van der Waals surface area contributed by atoms with E-state index in [0.29, 0.717) is 21.8 Å². The van der Waals surface area contributed by atoms with Gasteiger partial charge in [-0.15, -0.1) is 11.3 Å². The average Bonchev–Trinajstić information content (AvgIpc) is 2.87. The van der Waals surface area contributed by atoms with Crippen molar-refractivity contribution in [1.82, 2.24) is 9.55 Å². The van der Waals surface area contributed by atoms with E-state index in [1.54, 1.807) is 14.0 Å². The maximum Gasteiger partial charge on any atom is 0.323 e. The van der Waals surface area contributed by atoms with E-state index >= 15 is 0 Å². The number of hydrogen-bond acceptors (Lipinski definition) is 5. The van der Waals surface area contributed by atoms with Gasteiger partial charge in [0.25, 0.3) is 5.56 Å². The van der Waals surface area contributed by atoms with Crippen molar-refractivity contribution >= 4 is 27.5 Å². The number of ether oxygens (including phenoxy) is 1. The van der Waals surface area contributed by atoms with Crippen LogP contribution in [0, 0.1) is 13.8 Å². The smallest absolute Gasteiger partial charge is 0.323 e. The first-order valence-electron chi connectivity index (χ1n) is 7.29. The lowest BCUT2D eigenvalue weighted by Crippen LogP contribution is -2.27. The molecule has 3 rings (SSSR count). The first-order valence-corrected chi connectivity index (χ1v) is 8.10. The fourth-order valence-corrected chi connectivity index (χ4v) is 3.83. The molecular formula is C17H16N2O4S. The third-order valence-electron chi connectivity index (χ3n) is 3.83. The molecule has 1 N–H and O–H groups in total. The van der Waals surface area contributed by atoms with E-state index in [0.717, 1.165) is 16.0 Å². The summed E-state index contributed by atoms with van der Waals surface area (Å²) in [6.45, 7) is 3.17. The molecule has 0 amide bonds. The van der Waals surface area contributed by atoms with Crippen molar-refractivity contribution in [2.75, 3.05) is 7.11 Å². The highest BCUT2D eigenvalue weighted by molar-refractivity contribution is 7.19. The number of benzene rings is 1. The van der Waals surface area contributed by atoms with E-state index in [1.165, 1.54) is 15.9 Å². The molecule has 0 spiro atoms. The van der Waals surface area contributed by atoms with Crippen LogP contribution in [0.2, 0.25) is 0 Å². The van der Waals surface area contributed by atoms with Gasteiger partial charge in [-0.25, -0.2) is 4.98 Å². The monoisotopic (exact) mass is 344 g/mol. The highest BCUT2D eigenvalue weighted by Gasteiger charge is 2.19. The van der Waals surface area contributed by atoms with E-state index in [1.807, 2.05) is 31.2 Å². The molecule has 7 heteroatoms. The molecule has 0 atom stereocenters. The van der Waals surface area contributed by atoms with Crippen molar-refractivity contribution in [3.63, 3.8) is 0 Å². The van der Waals surface area contributed by atoms with Crippen LogP contribution in [0.4, 0.5) is 0 Å². The maximum absolute atomic E-state index is 12.9. The Morgan fingerprint density at radius 3 is 2.79 bits per heavy atom. The summed E-state index contributed by atoms with van der Waals surface area (Å²) < 4.78 is 6.45. The quantitative estimate of drug-likeness (QED) is 0.787. The van der Waals surface area contributed by atoms with Crippen LogP contribution >= 0.6 is 11.3 Å². The zero-order valence-electron chi connectivity index (χ0n) is 13.5. The Hall–Kier alpha value is -2.67. The molecule has 3 aromatic rings. The molecule has 0 aliphatic carbocycles. The molecule has 2 heterocycles. The normalized spacial score (nSPS) is 11.0. The third-order valence-corrected chi connectivity index (χ3v) is 4.83. The van der Waals surface area contributed by atoms with Gasteiger partial charge in [0, 0.05) is 10.4 Å². The minimum absolute atomic E-state index is 0.331. The van der Waals surface area contributed by atoms with E-state index < -0.39 is 12.5 Å². The summed E-state index contributed by atoms with van der Waals surface area (Å²) in [5.41, 5.74) is 1.30. The maximum atomic E-state index is 12.9. The summed E-state index contributed by atoms with van der Waals surface area (Å²) in [6.07, 6.45) is 0. The van der Waals surface area contributed by atoms with E-state index in [-0.39, 0.29) is 5.56 Å². The Kier molecular flexibility index (Phi) is 4.11. The second kappa shape index (κ2) is 6.09. The van der Waals surface area contributed by atoms with Gasteiger partial charge >= 0.3 is 5.97 Å². The number of nitrogens with zero attached hydrogens (tertiary/aromatic N) is 2. The molecule has 0 radical (unpaired) electrons. The van der Waals surface area contributed by atoms with Crippen LogP contribution in [0.5, 0.6) is 5.75 Å². The SMILES string of the molecule is COc1cccc(-c2c(C)sc3nc(C)n(CC(=O)O)c(=O)c23)c1. The highest BCUT2D eigenvalue weighted by atomic mass is 32.1. The number of hydrogen-bond donors (Lipinski definition) is 1. The van der Waals surface area contributed by atoms with E-state index in [2.05, 4.69) is 4.98 Å². The number of carbonyl (C=O) groups is 1. The predicted molar refractivity (Wildman–Crippen MR) is 93.0 cm³/mol. The van der Waals surface area contributed by atoms with Crippen LogP contribution in [0.3, 0.4) is 0 Å². The standard InChI is InChI=1S/C17H16N2O4S/c1-9-14(11-5-4-6-12(7-11)23-3)15-16(24-9)18-10(2)19(17(15)22)8-13(20)21/h4-7H,8H2,1-3H3,(H,20,21). The first-order chi connectivity index (χ1) is 11.4. The van der Waals surface area contributed by atoms with Gasteiger partial charge in [0.2, 0.25) is 0 Å². The van der Waals surface area contributed by atoms with E-state index in [4.69, 9.17) is 9.84 Å². The number of methoxy groups -OCH3 is 1. The van der Waals surface area contributed by atoms with Crippen molar-refractivity contribution in [3.05, 3.63) is 45.3 Å². The van der Waals surface area contributed by atoms with Crippen LogP contribution < -0.4 is 10.3 Å². The number of carboxylic acids is 1. The Morgan fingerprint density at radius 1 is 1.38 bits per heavy atom. The second-order valence-corrected chi connectivity index (χ2v) is 6.59. The molecule has 0 saturated carbocycles. The molecule has 0 bridgehead atoms. The molecule has 124 valence electrons. The fourth-order valence-electron chi connectivity index (χ4n) is 2.74. The van der Waals surface area contributed by atoms with Crippen LogP contribution in [0.25, 0.3) is 21.3 Å². The summed E-state index contributed by atoms with van der Waals surface area (Å²) >= 11 is 1.43. The number of aryl methyl sites for hydroxylation is 2.